The lowest BCUT2D eigenvalue weighted by Gasteiger charge is -2.30. The number of carbonyl (C=O) groups excluding carboxylic acids is 3. The van der Waals surface area contributed by atoms with Gasteiger partial charge in [0.15, 0.2) is 17.6 Å². The molecular weight excluding hydrogens is 457 g/mol. The number of rotatable bonds is 5. The molecule has 2 aliphatic rings. The van der Waals surface area contributed by atoms with E-state index in [4.69, 9.17) is 15.3 Å². The Bertz CT molecular complexity index is 785. The topological polar surface area (TPSA) is 131 Å². The molecule has 0 spiro atoms. The highest BCUT2D eigenvalue weighted by Crippen LogP contribution is 2.46. The van der Waals surface area contributed by atoms with Crippen molar-refractivity contribution in [1.29, 1.82) is 0 Å². The number of nitrogens with one attached hydrogen (secondary N) is 1. The van der Waals surface area contributed by atoms with Crippen molar-refractivity contribution in [2.45, 2.75) is 31.5 Å². The molecule has 1 aromatic rings. The summed E-state index contributed by atoms with van der Waals surface area (Å²) in [6.07, 6.45) is -0.689. The lowest BCUT2D eigenvalue weighted by molar-refractivity contribution is -0.195. The number of halogens is 1. The molecule has 0 bridgehead atoms. The van der Waals surface area contributed by atoms with Gasteiger partial charge in [-0.25, -0.2) is 0 Å². The lowest BCUT2D eigenvalue weighted by Crippen LogP contribution is -2.45. The van der Waals surface area contributed by atoms with Crippen LogP contribution in [-0.4, -0.2) is 47.1 Å². The zero-order valence-electron chi connectivity index (χ0n) is 14.1. The maximum absolute atomic E-state index is 12.3. The number of primary amides is 1. The number of fused-ring (bicyclic) bond motifs is 1. The summed E-state index contributed by atoms with van der Waals surface area (Å²) in [4.78, 5) is 41.9. The average Bonchev–Trinajstić information content (AvgIpc) is 3.09. The first kappa shape index (κ1) is 18.9. The molecule has 4 atom stereocenters. The van der Waals surface area contributed by atoms with Crippen molar-refractivity contribution in [1.82, 2.24) is 10.4 Å². The van der Waals surface area contributed by atoms with Crippen LogP contribution in [-0.2, 0) is 19.2 Å². The van der Waals surface area contributed by atoms with Gasteiger partial charge in [-0.05, 0) is 46.7 Å². The fourth-order valence-electron chi connectivity index (χ4n) is 3.40. The van der Waals surface area contributed by atoms with Crippen molar-refractivity contribution in [3.8, 4) is 11.5 Å². The van der Waals surface area contributed by atoms with E-state index in [9.17, 15) is 19.5 Å². The minimum absolute atomic E-state index is 0.0345. The van der Waals surface area contributed by atoms with Crippen LogP contribution in [0.3, 0.4) is 0 Å². The van der Waals surface area contributed by atoms with Crippen LogP contribution in [0.4, 0.5) is 0 Å². The van der Waals surface area contributed by atoms with Gasteiger partial charge in [-0.3, -0.25) is 24.5 Å². The van der Waals surface area contributed by atoms with Gasteiger partial charge in [-0.1, -0.05) is 6.92 Å². The third-order valence-corrected chi connectivity index (χ3v) is 5.44. The maximum Gasteiger partial charge on any atom is 0.258 e. The number of amides is 3. The molecule has 0 saturated carbocycles. The molecule has 4 N–H and O–H groups in total. The number of ether oxygens (including phenoxy) is 1. The molecule has 0 aliphatic carbocycles. The van der Waals surface area contributed by atoms with Gasteiger partial charge in [0.1, 0.15) is 6.04 Å². The van der Waals surface area contributed by atoms with E-state index in [-0.39, 0.29) is 11.5 Å². The number of phenols is 1. The number of aromatic hydroxyl groups is 1. The number of hydrogen-bond donors (Lipinski definition) is 3. The molecule has 140 valence electrons. The third kappa shape index (κ3) is 2.91. The van der Waals surface area contributed by atoms with E-state index >= 15 is 0 Å². The number of hydroxylamine groups is 2. The Morgan fingerprint density at radius 2 is 2.15 bits per heavy atom. The van der Waals surface area contributed by atoms with E-state index in [1.807, 2.05) is 22.6 Å². The maximum atomic E-state index is 12.3. The molecule has 3 amide bonds. The summed E-state index contributed by atoms with van der Waals surface area (Å²) in [5.74, 6) is -2.30. The Labute approximate surface area is 162 Å². The van der Waals surface area contributed by atoms with Gasteiger partial charge in [0.25, 0.3) is 5.91 Å². The molecule has 10 heteroatoms. The Morgan fingerprint density at radius 1 is 1.46 bits per heavy atom. The number of nitrogens with zero attached hydrogens (tertiary/aromatic N) is 1. The molecule has 26 heavy (non-hydrogen) atoms. The Kier molecular flexibility index (Phi) is 5.08. The lowest BCUT2D eigenvalue weighted by atomic mass is 9.90. The van der Waals surface area contributed by atoms with E-state index in [1.165, 1.54) is 12.2 Å². The largest absolute Gasteiger partial charge is 0.504 e. The first-order valence-electron chi connectivity index (χ1n) is 7.95. The molecule has 2 heterocycles. The number of methoxy groups -OCH3 is 1. The van der Waals surface area contributed by atoms with Crippen LogP contribution in [0.1, 0.15) is 24.9 Å². The molecule has 2 fully saturated rings. The molecule has 2 saturated heterocycles. The van der Waals surface area contributed by atoms with Gasteiger partial charge in [0, 0.05) is 0 Å². The van der Waals surface area contributed by atoms with Gasteiger partial charge in [-0.15, -0.1) is 0 Å². The van der Waals surface area contributed by atoms with Gasteiger partial charge < -0.3 is 15.6 Å². The first-order chi connectivity index (χ1) is 12.3. The smallest absolute Gasteiger partial charge is 0.258 e. The van der Waals surface area contributed by atoms with E-state index in [1.54, 1.807) is 19.1 Å². The molecule has 2 aliphatic heterocycles. The van der Waals surface area contributed by atoms with Gasteiger partial charge >= 0.3 is 0 Å². The summed E-state index contributed by atoms with van der Waals surface area (Å²) in [6.45, 7) is 1.76. The standard InChI is InChI=1S/C16H18IN3O6/c1-3-8(14(18)22)20-11(10-13(26-20)16(24)19-15(10)23)6-4-7(17)12(21)9(5-6)25-2/h4-5,8,10-11,13,21H,3H2,1-2H3,(H2,18,22)(H,19,23,24). The van der Waals surface area contributed by atoms with E-state index < -0.39 is 41.8 Å². The van der Waals surface area contributed by atoms with Crippen LogP contribution < -0.4 is 15.8 Å². The molecular formula is C16H18IN3O6. The molecule has 4 unspecified atom stereocenters. The van der Waals surface area contributed by atoms with Crippen molar-refractivity contribution in [2.24, 2.45) is 11.7 Å². The summed E-state index contributed by atoms with van der Waals surface area (Å²) in [7, 11) is 1.41. The van der Waals surface area contributed by atoms with Crippen LogP contribution in [0.15, 0.2) is 12.1 Å². The second-order valence-electron chi connectivity index (χ2n) is 6.09. The fourth-order valence-corrected chi connectivity index (χ4v) is 4.03. The number of phenolic OH excluding ortho intramolecular Hbond substituents is 1. The summed E-state index contributed by atoms with van der Waals surface area (Å²) < 4.78 is 5.68. The predicted octanol–water partition coefficient (Wildman–Crippen LogP) is 0.199. The number of imide groups is 1. The number of hydrogen-bond acceptors (Lipinski definition) is 7. The predicted molar refractivity (Wildman–Crippen MR) is 96.7 cm³/mol. The summed E-state index contributed by atoms with van der Waals surface area (Å²) in [5.41, 5.74) is 6.06. The van der Waals surface area contributed by atoms with Crippen molar-refractivity contribution in [2.75, 3.05) is 7.11 Å². The van der Waals surface area contributed by atoms with Crippen LogP contribution >= 0.6 is 22.6 Å². The quantitative estimate of drug-likeness (QED) is 0.410. The summed E-state index contributed by atoms with van der Waals surface area (Å²) in [6, 6.07) is 1.67. The van der Waals surface area contributed by atoms with Crippen LogP contribution in [0.5, 0.6) is 11.5 Å². The SMILES string of the molecule is CCC(C(N)=O)N1OC2C(=O)NC(=O)C2C1c1cc(I)c(O)c(OC)c1. The molecule has 1 aromatic carbocycles. The van der Waals surface area contributed by atoms with Crippen molar-refractivity contribution < 1.29 is 29.1 Å². The first-order valence-corrected chi connectivity index (χ1v) is 9.03. The Balaban J connectivity index is 2.13. The van der Waals surface area contributed by atoms with Crippen LogP contribution in [0.2, 0.25) is 0 Å². The normalized spacial score (nSPS) is 26.5. The summed E-state index contributed by atoms with van der Waals surface area (Å²) >= 11 is 1.93. The number of carbonyl (C=O) groups is 3. The molecule has 0 aromatic heterocycles. The van der Waals surface area contributed by atoms with E-state index in [2.05, 4.69) is 5.32 Å². The molecule has 9 nitrogen and oxygen atoms in total. The molecule has 0 radical (unpaired) electrons. The minimum atomic E-state index is -1.03. The average molecular weight is 475 g/mol. The van der Waals surface area contributed by atoms with Gasteiger partial charge in [0.05, 0.1) is 22.6 Å². The van der Waals surface area contributed by atoms with Crippen molar-refractivity contribution >= 4 is 40.3 Å². The Morgan fingerprint density at radius 3 is 2.73 bits per heavy atom. The molecule has 3 rings (SSSR count). The zero-order chi connectivity index (χ0) is 19.2. The third-order valence-electron chi connectivity index (χ3n) is 4.62. The number of benzene rings is 1. The van der Waals surface area contributed by atoms with Crippen LogP contribution in [0, 0.1) is 9.49 Å². The monoisotopic (exact) mass is 475 g/mol. The highest BCUT2D eigenvalue weighted by Gasteiger charge is 2.58. The summed E-state index contributed by atoms with van der Waals surface area (Å²) in [5, 5.41) is 13.7. The van der Waals surface area contributed by atoms with Gasteiger partial charge in [0.2, 0.25) is 11.8 Å². The zero-order valence-corrected chi connectivity index (χ0v) is 16.2. The fraction of sp³-hybridized carbons (Fsp3) is 0.438. The second kappa shape index (κ2) is 7.00. The second-order valence-corrected chi connectivity index (χ2v) is 7.25. The highest BCUT2D eigenvalue weighted by atomic mass is 127. The van der Waals surface area contributed by atoms with Crippen LogP contribution in [0.25, 0.3) is 0 Å². The van der Waals surface area contributed by atoms with Crippen molar-refractivity contribution in [3.63, 3.8) is 0 Å². The minimum Gasteiger partial charge on any atom is -0.504 e. The van der Waals surface area contributed by atoms with Crippen molar-refractivity contribution in [3.05, 3.63) is 21.3 Å². The van der Waals surface area contributed by atoms with E-state index in [0.717, 1.165) is 0 Å². The Hall–Kier alpha value is -1.92. The van der Waals surface area contributed by atoms with Gasteiger partial charge in [-0.2, -0.15) is 5.06 Å². The number of nitrogens with two attached hydrogens (primary N) is 1. The van der Waals surface area contributed by atoms with E-state index in [0.29, 0.717) is 15.6 Å². The highest BCUT2D eigenvalue weighted by molar-refractivity contribution is 14.1.